The number of rotatable bonds is 7. The van der Waals surface area contributed by atoms with Gasteiger partial charge in [-0.3, -0.25) is 4.79 Å². The minimum Gasteiger partial charge on any atom is -0.496 e. The molecule has 1 saturated carbocycles. The lowest BCUT2D eigenvalue weighted by Crippen LogP contribution is -2.46. The first-order chi connectivity index (χ1) is 14.0. The molecule has 5 nitrogen and oxygen atoms in total. The van der Waals surface area contributed by atoms with Crippen LogP contribution in [0.5, 0.6) is 5.75 Å². The second kappa shape index (κ2) is 7.69. The van der Waals surface area contributed by atoms with E-state index >= 15 is 0 Å². The summed E-state index contributed by atoms with van der Waals surface area (Å²) < 4.78 is 7.75. The molecular formula is C24H29NO4. The second-order valence-electron chi connectivity index (χ2n) is 8.50. The Morgan fingerprint density at radius 1 is 1.21 bits per heavy atom. The molecule has 2 heterocycles. The van der Waals surface area contributed by atoms with Crippen LogP contribution in [0, 0.1) is 0 Å². The van der Waals surface area contributed by atoms with E-state index in [1.165, 1.54) is 36.5 Å². The standard InChI is InChI=1S/C24H29NO4/c1-3-4-5-6-8-16-11-17-14-24(9-7-10-24)25-15-19(23(27)28)21(26)13-20(25)18(17)12-22(16)29-2/h11-13,15H,3-10,14H2,1-2H3,(H,27,28). The zero-order chi connectivity index (χ0) is 20.6. The van der Waals surface area contributed by atoms with Gasteiger partial charge in [0.05, 0.1) is 12.8 Å². The van der Waals surface area contributed by atoms with E-state index in [-0.39, 0.29) is 11.1 Å². The van der Waals surface area contributed by atoms with Gasteiger partial charge in [0.1, 0.15) is 11.3 Å². The zero-order valence-corrected chi connectivity index (χ0v) is 17.3. The molecule has 1 fully saturated rings. The fraction of sp³-hybridized carbons (Fsp3) is 0.500. The summed E-state index contributed by atoms with van der Waals surface area (Å²) in [5.41, 5.74) is 3.60. The Bertz CT molecular complexity index is 1000. The molecule has 0 amide bonds. The van der Waals surface area contributed by atoms with Crippen molar-refractivity contribution in [2.75, 3.05) is 7.11 Å². The highest BCUT2D eigenvalue weighted by molar-refractivity contribution is 5.88. The highest BCUT2D eigenvalue weighted by Gasteiger charge is 2.43. The minimum absolute atomic E-state index is 0.103. The molecular weight excluding hydrogens is 366 g/mol. The SMILES string of the molecule is CCCCCCc1cc2c(cc1OC)-c1cc(=O)c(C(=O)O)cn1C1(CCC1)C2. The number of aromatic nitrogens is 1. The van der Waals surface area contributed by atoms with Crippen LogP contribution in [0.4, 0.5) is 0 Å². The number of unbranched alkanes of at least 4 members (excludes halogenated alkanes) is 3. The maximum absolute atomic E-state index is 12.5. The van der Waals surface area contributed by atoms with E-state index in [0.29, 0.717) is 0 Å². The number of nitrogens with zero attached hydrogens (tertiary/aromatic N) is 1. The predicted molar refractivity (Wildman–Crippen MR) is 113 cm³/mol. The molecule has 1 N–H and O–H groups in total. The van der Waals surface area contributed by atoms with Crippen LogP contribution in [0.3, 0.4) is 0 Å². The number of ether oxygens (including phenoxy) is 1. The third-order valence-electron chi connectivity index (χ3n) is 6.68. The summed E-state index contributed by atoms with van der Waals surface area (Å²) >= 11 is 0. The summed E-state index contributed by atoms with van der Waals surface area (Å²) in [4.78, 5) is 24.0. The van der Waals surface area contributed by atoms with Crippen molar-refractivity contribution in [2.45, 2.75) is 70.3 Å². The smallest absolute Gasteiger partial charge is 0.341 e. The van der Waals surface area contributed by atoms with Crippen LogP contribution in [0.15, 0.2) is 29.2 Å². The van der Waals surface area contributed by atoms with Crippen LogP contribution < -0.4 is 10.2 Å². The van der Waals surface area contributed by atoms with Crippen LogP contribution in [0.25, 0.3) is 11.3 Å². The largest absolute Gasteiger partial charge is 0.496 e. The third-order valence-corrected chi connectivity index (χ3v) is 6.68. The predicted octanol–water partition coefficient (Wildman–Crippen LogP) is 4.78. The number of hydrogen-bond acceptors (Lipinski definition) is 3. The van der Waals surface area contributed by atoms with Crippen molar-refractivity contribution < 1.29 is 14.6 Å². The van der Waals surface area contributed by atoms with Crippen LogP contribution in [0.2, 0.25) is 0 Å². The molecule has 0 saturated heterocycles. The molecule has 0 unspecified atom stereocenters. The summed E-state index contributed by atoms with van der Waals surface area (Å²) in [5.74, 6) is -0.309. The monoisotopic (exact) mass is 395 g/mol. The van der Waals surface area contributed by atoms with Gasteiger partial charge < -0.3 is 14.4 Å². The lowest BCUT2D eigenvalue weighted by atomic mass is 9.69. The number of pyridine rings is 1. The Morgan fingerprint density at radius 2 is 2.00 bits per heavy atom. The molecule has 1 spiro atoms. The summed E-state index contributed by atoms with van der Waals surface area (Å²) in [7, 11) is 1.69. The molecule has 2 aliphatic rings. The molecule has 5 heteroatoms. The quantitative estimate of drug-likeness (QED) is 0.685. The lowest BCUT2D eigenvalue weighted by molar-refractivity contribution is 0.0691. The molecule has 4 rings (SSSR count). The van der Waals surface area contributed by atoms with E-state index in [1.54, 1.807) is 13.3 Å². The maximum atomic E-state index is 12.5. The fourth-order valence-corrected chi connectivity index (χ4v) is 4.92. The topological polar surface area (TPSA) is 68.5 Å². The molecule has 0 bridgehead atoms. The molecule has 1 aliphatic heterocycles. The van der Waals surface area contributed by atoms with Gasteiger partial charge in [0, 0.05) is 23.4 Å². The number of aromatic carboxylic acids is 1. The number of fused-ring (bicyclic) bond motifs is 4. The first kappa shape index (κ1) is 19.7. The highest BCUT2D eigenvalue weighted by Crippen LogP contribution is 2.49. The zero-order valence-electron chi connectivity index (χ0n) is 17.3. The Labute approximate surface area is 171 Å². The van der Waals surface area contributed by atoms with E-state index in [4.69, 9.17) is 4.74 Å². The van der Waals surface area contributed by atoms with Gasteiger partial charge in [-0.1, -0.05) is 32.3 Å². The molecule has 0 atom stereocenters. The average molecular weight is 395 g/mol. The molecule has 1 aliphatic carbocycles. The number of benzene rings is 1. The minimum atomic E-state index is -1.16. The fourth-order valence-electron chi connectivity index (χ4n) is 4.92. The van der Waals surface area contributed by atoms with Crippen molar-refractivity contribution in [1.82, 2.24) is 4.57 Å². The number of methoxy groups -OCH3 is 1. The molecule has 154 valence electrons. The molecule has 0 radical (unpaired) electrons. The van der Waals surface area contributed by atoms with Crippen LogP contribution in [0.1, 0.15) is 73.4 Å². The van der Waals surface area contributed by atoms with E-state index in [1.807, 2.05) is 6.07 Å². The Morgan fingerprint density at radius 3 is 2.62 bits per heavy atom. The van der Waals surface area contributed by atoms with Gasteiger partial charge in [-0.15, -0.1) is 0 Å². The maximum Gasteiger partial charge on any atom is 0.341 e. The van der Waals surface area contributed by atoms with Crippen LogP contribution in [-0.4, -0.2) is 22.8 Å². The Hall–Kier alpha value is -2.56. The van der Waals surface area contributed by atoms with Crippen molar-refractivity contribution in [1.29, 1.82) is 0 Å². The van der Waals surface area contributed by atoms with Crippen molar-refractivity contribution in [3.05, 3.63) is 51.3 Å². The first-order valence-corrected chi connectivity index (χ1v) is 10.7. The molecule has 1 aromatic carbocycles. The summed E-state index contributed by atoms with van der Waals surface area (Å²) in [6, 6.07) is 5.81. The van der Waals surface area contributed by atoms with Crippen molar-refractivity contribution in [3.8, 4) is 17.0 Å². The first-order valence-electron chi connectivity index (χ1n) is 10.7. The normalized spacial score (nSPS) is 16.1. The number of carbonyl (C=O) groups is 1. The van der Waals surface area contributed by atoms with Gasteiger partial charge in [0.2, 0.25) is 0 Å². The van der Waals surface area contributed by atoms with Crippen molar-refractivity contribution in [3.63, 3.8) is 0 Å². The van der Waals surface area contributed by atoms with E-state index in [0.717, 1.165) is 55.5 Å². The summed E-state index contributed by atoms with van der Waals surface area (Å²) in [5, 5.41) is 9.43. The van der Waals surface area contributed by atoms with Gasteiger partial charge in [-0.05, 0) is 55.7 Å². The van der Waals surface area contributed by atoms with Gasteiger partial charge >= 0.3 is 5.97 Å². The number of carboxylic acid groups (broad SMARTS) is 1. The molecule has 2 aromatic rings. The Kier molecular flexibility index (Phi) is 5.24. The lowest BCUT2D eigenvalue weighted by Gasteiger charge is -2.49. The third kappa shape index (κ3) is 3.37. The van der Waals surface area contributed by atoms with Crippen molar-refractivity contribution in [2.24, 2.45) is 0 Å². The second-order valence-corrected chi connectivity index (χ2v) is 8.50. The number of hydrogen-bond donors (Lipinski definition) is 1. The van der Waals surface area contributed by atoms with E-state index < -0.39 is 11.4 Å². The van der Waals surface area contributed by atoms with Gasteiger partial charge in [-0.2, -0.15) is 0 Å². The summed E-state index contributed by atoms with van der Waals surface area (Å²) in [6.07, 6.45) is 11.4. The van der Waals surface area contributed by atoms with Crippen LogP contribution in [-0.2, 0) is 18.4 Å². The van der Waals surface area contributed by atoms with Crippen LogP contribution >= 0.6 is 0 Å². The Balaban J connectivity index is 1.81. The molecule has 1 aromatic heterocycles. The average Bonchev–Trinajstić information content (AvgIpc) is 2.68. The van der Waals surface area contributed by atoms with E-state index in [9.17, 15) is 14.7 Å². The van der Waals surface area contributed by atoms with E-state index in [2.05, 4.69) is 17.6 Å². The molecule has 29 heavy (non-hydrogen) atoms. The highest BCUT2D eigenvalue weighted by atomic mass is 16.5. The van der Waals surface area contributed by atoms with Gasteiger partial charge in [-0.25, -0.2) is 4.79 Å². The number of carboxylic acids is 1. The summed E-state index contributed by atoms with van der Waals surface area (Å²) in [6.45, 7) is 2.21. The number of aryl methyl sites for hydroxylation is 1. The van der Waals surface area contributed by atoms with Gasteiger partial charge in [0.15, 0.2) is 5.43 Å². The van der Waals surface area contributed by atoms with Gasteiger partial charge in [0.25, 0.3) is 0 Å². The van der Waals surface area contributed by atoms with Crippen molar-refractivity contribution >= 4 is 5.97 Å².